The highest BCUT2D eigenvalue weighted by molar-refractivity contribution is 5.66. The molecule has 1 aliphatic carbocycles. The number of allylic oxidation sites excluding steroid dienone is 2. The minimum atomic E-state index is -0.406. The molecule has 1 amide bonds. The second-order valence-electron chi connectivity index (χ2n) is 9.32. The maximum absolute atomic E-state index is 11.2. The standard InChI is InChI=1S/C24H40N4O5/c1-25-23(29)33-13-10-28(2)15-21-14-26-27-22(21)20-4-8-24(9-5-20,17-30-3)18-32-16-19-6-11-31-12-7-19/h4,14,19H,5-13,15-18H2,1-3H3,(H,25,29)(H,26,27). The van der Waals surface area contributed by atoms with Crippen LogP contribution in [-0.4, -0.2) is 88.6 Å². The largest absolute Gasteiger partial charge is 0.448 e. The average molecular weight is 465 g/mol. The summed E-state index contributed by atoms with van der Waals surface area (Å²) < 4.78 is 22.3. The Morgan fingerprint density at radius 3 is 2.88 bits per heavy atom. The lowest BCUT2D eigenvalue weighted by molar-refractivity contribution is -0.0375. The van der Waals surface area contributed by atoms with Gasteiger partial charge in [0.05, 0.1) is 18.9 Å². The minimum absolute atomic E-state index is 0.0217. The number of hydrogen-bond donors (Lipinski definition) is 2. The number of ether oxygens (including phenoxy) is 4. The lowest BCUT2D eigenvalue weighted by Gasteiger charge is -2.36. The van der Waals surface area contributed by atoms with Gasteiger partial charge in [-0.15, -0.1) is 0 Å². The number of hydrogen-bond acceptors (Lipinski definition) is 7. The number of alkyl carbamates (subject to hydrolysis) is 1. The molecule has 1 saturated heterocycles. The minimum Gasteiger partial charge on any atom is -0.448 e. The zero-order valence-corrected chi connectivity index (χ0v) is 20.4. The number of amides is 1. The first kappa shape index (κ1) is 25.7. The number of carbonyl (C=O) groups excluding carboxylic acids is 1. The number of nitrogens with zero attached hydrogens (tertiary/aromatic N) is 2. The summed E-state index contributed by atoms with van der Waals surface area (Å²) in [6.07, 6.45) is 8.94. The molecule has 1 aromatic heterocycles. The Balaban J connectivity index is 1.53. The SMILES string of the molecule is CNC(=O)OCCN(C)Cc1c[nH]nc1C1=CCC(COC)(COCC2CCOCC2)CC1. The Morgan fingerprint density at radius 1 is 1.36 bits per heavy atom. The van der Waals surface area contributed by atoms with Gasteiger partial charge in [0, 0.05) is 64.2 Å². The van der Waals surface area contributed by atoms with E-state index < -0.39 is 6.09 Å². The molecule has 3 rings (SSSR count). The third-order valence-corrected chi connectivity index (χ3v) is 6.63. The van der Waals surface area contributed by atoms with Gasteiger partial charge < -0.3 is 24.3 Å². The van der Waals surface area contributed by atoms with E-state index in [0.29, 0.717) is 25.7 Å². The highest BCUT2D eigenvalue weighted by atomic mass is 16.5. The van der Waals surface area contributed by atoms with Crippen LogP contribution in [0.1, 0.15) is 43.4 Å². The molecule has 1 unspecified atom stereocenters. The molecule has 0 radical (unpaired) electrons. The van der Waals surface area contributed by atoms with Crippen molar-refractivity contribution in [3.63, 3.8) is 0 Å². The van der Waals surface area contributed by atoms with Crippen LogP contribution in [0.5, 0.6) is 0 Å². The molecule has 0 spiro atoms. The van der Waals surface area contributed by atoms with Crippen molar-refractivity contribution in [3.8, 4) is 0 Å². The van der Waals surface area contributed by atoms with Gasteiger partial charge in [-0.2, -0.15) is 5.10 Å². The fourth-order valence-electron chi connectivity index (χ4n) is 4.57. The van der Waals surface area contributed by atoms with Crippen molar-refractivity contribution in [2.45, 2.75) is 38.6 Å². The molecule has 0 aromatic carbocycles. The van der Waals surface area contributed by atoms with Crippen LogP contribution in [-0.2, 0) is 25.5 Å². The van der Waals surface area contributed by atoms with E-state index in [2.05, 4.69) is 26.5 Å². The van der Waals surface area contributed by atoms with Gasteiger partial charge >= 0.3 is 6.09 Å². The molecule has 2 heterocycles. The molecule has 1 aliphatic heterocycles. The molecule has 9 heteroatoms. The van der Waals surface area contributed by atoms with Gasteiger partial charge in [0.15, 0.2) is 0 Å². The van der Waals surface area contributed by atoms with Gasteiger partial charge in [0.25, 0.3) is 0 Å². The van der Waals surface area contributed by atoms with Crippen molar-refractivity contribution in [1.82, 2.24) is 20.4 Å². The molecule has 0 bridgehead atoms. The number of carbonyl (C=O) groups is 1. The summed E-state index contributed by atoms with van der Waals surface area (Å²) in [4.78, 5) is 13.3. The van der Waals surface area contributed by atoms with E-state index in [0.717, 1.165) is 76.3 Å². The van der Waals surface area contributed by atoms with E-state index >= 15 is 0 Å². The monoisotopic (exact) mass is 464 g/mol. The van der Waals surface area contributed by atoms with E-state index in [1.54, 1.807) is 14.2 Å². The Morgan fingerprint density at radius 2 is 2.18 bits per heavy atom. The molecule has 2 N–H and O–H groups in total. The normalized spacial score (nSPS) is 21.8. The topological polar surface area (TPSA) is 97.9 Å². The lowest BCUT2D eigenvalue weighted by atomic mass is 9.75. The summed E-state index contributed by atoms with van der Waals surface area (Å²) in [5, 5.41) is 10.0. The van der Waals surface area contributed by atoms with Gasteiger partial charge in [-0.05, 0) is 50.6 Å². The lowest BCUT2D eigenvalue weighted by Crippen LogP contribution is -2.34. The van der Waals surface area contributed by atoms with Crippen LogP contribution in [0.3, 0.4) is 0 Å². The van der Waals surface area contributed by atoms with Crippen molar-refractivity contribution in [2.75, 3.05) is 67.4 Å². The molecular formula is C24H40N4O5. The number of aromatic amines is 1. The van der Waals surface area contributed by atoms with Crippen LogP contribution in [0.2, 0.25) is 0 Å². The number of methoxy groups -OCH3 is 1. The molecule has 33 heavy (non-hydrogen) atoms. The Bertz CT molecular complexity index is 762. The smallest absolute Gasteiger partial charge is 0.406 e. The predicted molar refractivity (Wildman–Crippen MR) is 126 cm³/mol. The van der Waals surface area contributed by atoms with Crippen LogP contribution in [0.15, 0.2) is 12.3 Å². The summed E-state index contributed by atoms with van der Waals surface area (Å²) in [6.45, 7) is 5.67. The second kappa shape index (κ2) is 13.1. The Kier molecular flexibility index (Phi) is 10.2. The van der Waals surface area contributed by atoms with Crippen LogP contribution in [0.4, 0.5) is 4.79 Å². The van der Waals surface area contributed by atoms with Crippen LogP contribution in [0.25, 0.3) is 5.57 Å². The number of likely N-dealkylation sites (N-methyl/N-ethyl adjacent to an activating group) is 1. The summed E-state index contributed by atoms with van der Waals surface area (Å²) in [5.74, 6) is 0.610. The highest BCUT2D eigenvalue weighted by Crippen LogP contribution is 2.40. The third-order valence-electron chi connectivity index (χ3n) is 6.63. The second-order valence-corrected chi connectivity index (χ2v) is 9.32. The maximum Gasteiger partial charge on any atom is 0.406 e. The van der Waals surface area contributed by atoms with Crippen molar-refractivity contribution in [3.05, 3.63) is 23.5 Å². The van der Waals surface area contributed by atoms with Gasteiger partial charge in [-0.25, -0.2) is 4.79 Å². The zero-order valence-electron chi connectivity index (χ0n) is 20.4. The number of aromatic nitrogens is 2. The summed E-state index contributed by atoms with van der Waals surface area (Å²) in [5.41, 5.74) is 3.48. The number of H-pyrrole nitrogens is 1. The molecule has 1 atom stereocenters. The van der Waals surface area contributed by atoms with Gasteiger partial charge in [0.1, 0.15) is 6.61 Å². The Labute approximate surface area is 197 Å². The van der Waals surface area contributed by atoms with E-state index in [4.69, 9.17) is 18.9 Å². The van der Waals surface area contributed by atoms with Crippen molar-refractivity contribution in [1.29, 1.82) is 0 Å². The van der Waals surface area contributed by atoms with Crippen molar-refractivity contribution in [2.24, 2.45) is 11.3 Å². The maximum atomic E-state index is 11.2. The van der Waals surface area contributed by atoms with Crippen LogP contribution >= 0.6 is 0 Å². The molecule has 186 valence electrons. The first-order chi connectivity index (χ1) is 16.0. The average Bonchev–Trinajstić information content (AvgIpc) is 3.28. The van der Waals surface area contributed by atoms with E-state index in [1.165, 1.54) is 5.57 Å². The molecular weight excluding hydrogens is 424 g/mol. The van der Waals surface area contributed by atoms with Gasteiger partial charge in [-0.1, -0.05) is 6.08 Å². The Hall–Kier alpha value is -1.94. The quantitative estimate of drug-likeness (QED) is 0.491. The molecule has 0 saturated carbocycles. The summed E-state index contributed by atoms with van der Waals surface area (Å²) >= 11 is 0. The summed E-state index contributed by atoms with van der Waals surface area (Å²) in [6, 6.07) is 0. The van der Waals surface area contributed by atoms with E-state index in [9.17, 15) is 4.79 Å². The van der Waals surface area contributed by atoms with Crippen LogP contribution in [0, 0.1) is 11.3 Å². The predicted octanol–water partition coefficient (Wildman–Crippen LogP) is 2.84. The first-order valence-electron chi connectivity index (χ1n) is 11.9. The number of nitrogens with one attached hydrogen (secondary N) is 2. The molecule has 1 fully saturated rings. The van der Waals surface area contributed by atoms with Crippen molar-refractivity contribution >= 4 is 11.7 Å². The number of rotatable bonds is 12. The molecule has 2 aliphatic rings. The highest BCUT2D eigenvalue weighted by Gasteiger charge is 2.34. The van der Waals surface area contributed by atoms with Crippen molar-refractivity contribution < 1.29 is 23.7 Å². The van der Waals surface area contributed by atoms with E-state index in [1.807, 2.05) is 13.2 Å². The van der Waals surface area contributed by atoms with Gasteiger partial charge in [-0.3, -0.25) is 10.00 Å². The zero-order chi connectivity index (χ0) is 23.5. The third kappa shape index (κ3) is 7.81. The van der Waals surface area contributed by atoms with Crippen LogP contribution < -0.4 is 5.32 Å². The summed E-state index contributed by atoms with van der Waals surface area (Å²) in [7, 11) is 5.34. The van der Waals surface area contributed by atoms with E-state index in [-0.39, 0.29) is 5.41 Å². The first-order valence-corrected chi connectivity index (χ1v) is 11.9. The molecule has 9 nitrogen and oxygen atoms in total. The fourth-order valence-corrected chi connectivity index (χ4v) is 4.57. The molecule has 1 aromatic rings. The fraction of sp³-hybridized carbons (Fsp3) is 0.750. The van der Waals surface area contributed by atoms with Gasteiger partial charge in [0.2, 0.25) is 0 Å².